The Morgan fingerprint density at radius 3 is 2.34 bits per heavy atom. The summed E-state index contributed by atoms with van der Waals surface area (Å²) in [6, 6.07) is 14.5. The van der Waals surface area contributed by atoms with Gasteiger partial charge in [-0.15, -0.1) is 0 Å². The minimum atomic E-state index is -0.273. The van der Waals surface area contributed by atoms with E-state index in [0.29, 0.717) is 11.6 Å². The van der Waals surface area contributed by atoms with Crippen molar-refractivity contribution in [2.75, 3.05) is 27.2 Å². The van der Waals surface area contributed by atoms with Gasteiger partial charge in [0.2, 0.25) is 4.96 Å². The molecule has 0 N–H and O–H groups in total. The number of nitrogens with zero attached hydrogens (tertiary/aromatic N) is 5. The number of amides is 1. The van der Waals surface area contributed by atoms with Crippen LogP contribution in [0.15, 0.2) is 54.7 Å². The van der Waals surface area contributed by atoms with Crippen LogP contribution in [0.2, 0.25) is 0 Å². The van der Waals surface area contributed by atoms with Crippen LogP contribution in [-0.4, -0.2) is 63.5 Å². The van der Waals surface area contributed by atoms with Gasteiger partial charge >= 0.3 is 0 Å². The summed E-state index contributed by atoms with van der Waals surface area (Å²) >= 11 is 1.48. The quantitative estimate of drug-likeness (QED) is 0.463. The lowest BCUT2D eigenvalue weighted by Crippen LogP contribution is -2.44. The Morgan fingerprint density at radius 1 is 1.03 bits per heavy atom. The van der Waals surface area contributed by atoms with Gasteiger partial charge in [0.1, 0.15) is 10.8 Å². The molecule has 4 aromatic rings. The second-order valence-electron chi connectivity index (χ2n) is 8.32. The SMILES string of the molecule is CN(C)C1CCN(C(=O)c2ccc(-c3nn4c(-c5ccc(F)cc5)cnc4s3)cc2)CC1. The van der Waals surface area contributed by atoms with E-state index in [2.05, 4.69) is 24.0 Å². The summed E-state index contributed by atoms with van der Waals surface area (Å²) in [5, 5.41) is 5.53. The van der Waals surface area contributed by atoms with E-state index in [9.17, 15) is 9.18 Å². The van der Waals surface area contributed by atoms with Crippen molar-refractivity contribution in [2.24, 2.45) is 0 Å². The molecule has 1 aliphatic heterocycles. The number of rotatable bonds is 4. The van der Waals surface area contributed by atoms with E-state index in [1.165, 1.54) is 23.5 Å². The topological polar surface area (TPSA) is 53.7 Å². The summed E-state index contributed by atoms with van der Waals surface area (Å²) in [5.74, 6) is -0.188. The van der Waals surface area contributed by atoms with Crippen molar-refractivity contribution in [1.82, 2.24) is 24.4 Å². The van der Waals surface area contributed by atoms with E-state index in [1.54, 1.807) is 22.8 Å². The molecule has 8 heteroatoms. The van der Waals surface area contributed by atoms with Crippen molar-refractivity contribution < 1.29 is 9.18 Å². The standard InChI is InChI=1S/C24H24FN5OS/c1-28(2)20-11-13-29(14-12-20)23(31)18-5-3-17(4-6-18)22-27-30-21(15-26-24(30)32-22)16-7-9-19(25)10-8-16/h3-10,15,20H,11-14H2,1-2H3. The molecule has 1 fully saturated rings. The van der Waals surface area contributed by atoms with Gasteiger partial charge in [0.15, 0.2) is 0 Å². The summed E-state index contributed by atoms with van der Waals surface area (Å²) < 4.78 is 15.0. The molecule has 1 saturated heterocycles. The van der Waals surface area contributed by atoms with Crippen LogP contribution in [0.1, 0.15) is 23.2 Å². The molecule has 32 heavy (non-hydrogen) atoms. The number of benzene rings is 2. The highest BCUT2D eigenvalue weighted by atomic mass is 32.1. The highest BCUT2D eigenvalue weighted by Crippen LogP contribution is 2.30. The lowest BCUT2D eigenvalue weighted by molar-refractivity contribution is 0.0663. The predicted molar refractivity (Wildman–Crippen MR) is 124 cm³/mol. The molecular weight excluding hydrogens is 425 g/mol. The maximum Gasteiger partial charge on any atom is 0.253 e. The van der Waals surface area contributed by atoms with E-state index < -0.39 is 0 Å². The summed E-state index contributed by atoms with van der Waals surface area (Å²) in [5.41, 5.74) is 3.31. The zero-order valence-corrected chi connectivity index (χ0v) is 18.8. The molecule has 3 heterocycles. The van der Waals surface area contributed by atoms with Gasteiger partial charge in [-0.1, -0.05) is 23.5 Å². The molecule has 0 unspecified atom stereocenters. The molecule has 2 aromatic carbocycles. The first-order valence-corrected chi connectivity index (χ1v) is 11.5. The lowest BCUT2D eigenvalue weighted by Gasteiger charge is -2.35. The third kappa shape index (κ3) is 3.91. The number of imidazole rings is 1. The Bertz CT molecular complexity index is 1240. The van der Waals surface area contributed by atoms with E-state index in [0.717, 1.165) is 52.7 Å². The fourth-order valence-electron chi connectivity index (χ4n) is 4.15. The smallest absolute Gasteiger partial charge is 0.253 e. The van der Waals surface area contributed by atoms with E-state index in [-0.39, 0.29) is 11.7 Å². The number of carbonyl (C=O) groups excluding carboxylic acids is 1. The summed E-state index contributed by atoms with van der Waals surface area (Å²) in [4.78, 5) is 22.3. The van der Waals surface area contributed by atoms with Crippen molar-refractivity contribution >= 4 is 22.2 Å². The van der Waals surface area contributed by atoms with E-state index in [1.807, 2.05) is 29.2 Å². The third-order valence-corrected chi connectivity index (χ3v) is 7.06. The van der Waals surface area contributed by atoms with Crippen molar-refractivity contribution in [1.29, 1.82) is 0 Å². The largest absolute Gasteiger partial charge is 0.339 e. The molecule has 6 nitrogen and oxygen atoms in total. The number of carbonyl (C=O) groups is 1. The number of halogens is 1. The van der Waals surface area contributed by atoms with Gasteiger partial charge in [-0.3, -0.25) is 4.79 Å². The summed E-state index contributed by atoms with van der Waals surface area (Å²) in [7, 11) is 4.19. The van der Waals surface area contributed by atoms with Gasteiger partial charge in [0.25, 0.3) is 5.91 Å². The van der Waals surface area contributed by atoms with Crippen molar-refractivity contribution in [3.05, 3.63) is 66.1 Å². The molecule has 1 aliphatic rings. The molecule has 2 aromatic heterocycles. The normalized spacial score (nSPS) is 15.1. The van der Waals surface area contributed by atoms with Crippen LogP contribution in [0, 0.1) is 5.82 Å². The maximum absolute atomic E-state index is 13.3. The molecule has 1 amide bonds. The fraction of sp³-hybridized carbons (Fsp3) is 0.292. The van der Waals surface area contributed by atoms with Crippen LogP contribution < -0.4 is 0 Å². The molecule has 164 valence electrons. The first-order chi connectivity index (χ1) is 15.5. The van der Waals surface area contributed by atoms with E-state index >= 15 is 0 Å². The maximum atomic E-state index is 13.3. The molecule has 0 spiro atoms. The predicted octanol–water partition coefficient (Wildman–Crippen LogP) is 4.43. The fourth-order valence-corrected chi connectivity index (χ4v) is 5.03. The first kappa shape index (κ1) is 20.8. The zero-order valence-electron chi connectivity index (χ0n) is 18.0. The van der Waals surface area contributed by atoms with Gasteiger partial charge in [0, 0.05) is 35.8 Å². The second kappa shape index (κ2) is 8.44. The Labute approximate surface area is 189 Å². The van der Waals surface area contributed by atoms with Gasteiger partial charge < -0.3 is 9.80 Å². The number of piperidine rings is 1. The highest BCUT2D eigenvalue weighted by Gasteiger charge is 2.24. The molecule has 5 rings (SSSR count). The summed E-state index contributed by atoms with van der Waals surface area (Å²) in [6.07, 6.45) is 3.76. The van der Waals surface area contributed by atoms with Crippen molar-refractivity contribution in [2.45, 2.75) is 18.9 Å². The van der Waals surface area contributed by atoms with E-state index in [4.69, 9.17) is 5.10 Å². The number of hydrogen-bond donors (Lipinski definition) is 0. The van der Waals surface area contributed by atoms with Gasteiger partial charge in [-0.2, -0.15) is 5.10 Å². The van der Waals surface area contributed by atoms with Crippen molar-refractivity contribution in [3.8, 4) is 21.8 Å². The summed E-state index contributed by atoms with van der Waals surface area (Å²) in [6.45, 7) is 1.58. The Hall–Kier alpha value is -3.10. The minimum Gasteiger partial charge on any atom is -0.339 e. The number of hydrogen-bond acceptors (Lipinski definition) is 5. The average Bonchev–Trinajstić information content (AvgIpc) is 3.41. The zero-order chi connectivity index (χ0) is 22.2. The minimum absolute atomic E-state index is 0.0845. The number of aromatic nitrogens is 3. The van der Waals surface area contributed by atoms with Gasteiger partial charge in [0.05, 0.1) is 11.9 Å². The Balaban J connectivity index is 1.34. The van der Waals surface area contributed by atoms with Crippen LogP contribution in [0.3, 0.4) is 0 Å². The molecule has 0 atom stereocenters. The Kier molecular flexibility index (Phi) is 5.48. The van der Waals surface area contributed by atoms with Crippen molar-refractivity contribution in [3.63, 3.8) is 0 Å². The Morgan fingerprint density at radius 2 is 1.69 bits per heavy atom. The molecule has 0 bridgehead atoms. The molecule has 0 radical (unpaired) electrons. The third-order valence-electron chi connectivity index (χ3n) is 6.09. The average molecular weight is 450 g/mol. The van der Waals surface area contributed by atoms with Gasteiger partial charge in [-0.05, 0) is 63.3 Å². The number of fused-ring (bicyclic) bond motifs is 1. The number of likely N-dealkylation sites (tertiary alicyclic amines) is 1. The molecular formula is C24H24FN5OS. The monoisotopic (exact) mass is 449 g/mol. The molecule has 0 aliphatic carbocycles. The highest BCUT2D eigenvalue weighted by molar-refractivity contribution is 7.19. The lowest BCUT2D eigenvalue weighted by atomic mass is 10.0. The van der Waals surface area contributed by atoms with Crippen LogP contribution in [-0.2, 0) is 0 Å². The first-order valence-electron chi connectivity index (χ1n) is 10.7. The van der Waals surface area contributed by atoms with Crippen LogP contribution in [0.5, 0.6) is 0 Å². The van der Waals surface area contributed by atoms with Crippen LogP contribution in [0.25, 0.3) is 26.8 Å². The molecule has 0 saturated carbocycles. The second-order valence-corrected chi connectivity index (χ2v) is 9.27. The van der Waals surface area contributed by atoms with Crippen LogP contribution in [0.4, 0.5) is 4.39 Å². The van der Waals surface area contributed by atoms with Gasteiger partial charge in [-0.25, -0.2) is 13.9 Å². The van der Waals surface area contributed by atoms with Crippen LogP contribution >= 0.6 is 11.3 Å².